The predicted molar refractivity (Wildman–Crippen MR) is 62.9 cm³/mol. The van der Waals surface area contributed by atoms with Crippen LogP contribution in [0.5, 0.6) is 0 Å². The lowest BCUT2D eigenvalue weighted by atomic mass is 9.97. The Morgan fingerprint density at radius 1 is 1.33 bits per heavy atom. The average molecular weight is 210 g/mol. The Morgan fingerprint density at radius 3 is 2.60 bits per heavy atom. The van der Waals surface area contributed by atoms with Crippen LogP contribution >= 0.6 is 0 Å². The minimum Gasteiger partial charge on any atom is -0.370 e. The molecule has 1 saturated carbocycles. The van der Waals surface area contributed by atoms with Crippen LogP contribution in [0, 0.1) is 5.92 Å². The van der Waals surface area contributed by atoms with Crippen molar-refractivity contribution in [3.63, 3.8) is 0 Å². The van der Waals surface area contributed by atoms with Crippen molar-refractivity contribution in [2.24, 2.45) is 16.6 Å². The predicted octanol–water partition coefficient (Wildman–Crippen LogP) is 0.395. The van der Waals surface area contributed by atoms with Gasteiger partial charge in [-0.1, -0.05) is 0 Å². The topological polar surface area (TPSA) is 53.6 Å². The van der Waals surface area contributed by atoms with Gasteiger partial charge in [0.2, 0.25) is 0 Å². The third-order valence-electron chi connectivity index (χ3n) is 3.29. The molecule has 2 rings (SSSR count). The first-order chi connectivity index (χ1) is 7.24. The molecular weight excluding hydrogens is 188 g/mol. The quantitative estimate of drug-likeness (QED) is 0.523. The molecule has 86 valence electrons. The summed E-state index contributed by atoms with van der Waals surface area (Å²) < 4.78 is 0. The number of nitrogens with two attached hydrogens (primary N) is 1. The number of hydrogen-bond acceptors (Lipinski definition) is 2. The van der Waals surface area contributed by atoms with Crippen molar-refractivity contribution in [2.75, 3.05) is 26.7 Å². The number of piperidine rings is 1. The maximum absolute atomic E-state index is 5.79. The third kappa shape index (κ3) is 3.70. The van der Waals surface area contributed by atoms with E-state index in [4.69, 9.17) is 5.73 Å². The molecule has 0 radical (unpaired) electrons. The van der Waals surface area contributed by atoms with Gasteiger partial charge in [-0.05, 0) is 51.7 Å². The van der Waals surface area contributed by atoms with Crippen molar-refractivity contribution < 1.29 is 0 Å². The third-order valence-corrected chi connectivity index (χ3v) is 3.29. The Balaban J connectivity index is 1.67. The highest BCUT2D eigenvalue weighted by Gasteiger charge is 2.21. The van der Waals surface area contributed by atoms with Crippen molar-refractivity contribution in [3.05, 3.63) is 0 Å². The molecule has 0 aromatic carbocycles. The zero-order valence-electron chi connectivity index (χ0n) is 9.58. The zero-order valence-corrected chi connectivity index (χ0v) is 9.58. The second-order valence-corrected chi connectivity index (χ2v) is 4.89. The van der Waals surface area contributed by atoms with Crippen molar-refractivity contribution >= 4 is 5.96 Å². The smallest absolute Gasteiger partial charge is 0.188 e. The Labute approximate surface area is 91.9 Å². The monoisotopic (exact) mass is 210 g/mol. The van der Waals surface area contributed by atoms with Gasteiger partial charge in [-0.2, -0.15) is 0 Å². The Hall–Kier alpha value is -0.770. The summed E-state index contributed by atoms with van der Waals surface area (Å²) in [5.41, 5.74) is 5.79. The van der Waals surface area contributed by atoms with E-state index in [0.29, 0.717) is 12.0 Å². The van der Waals surface area contributed by atoms with Crippen LogP contribution in [0.1, 0.15) is 25.7 Å². The lowest BCUT2D eigenvalue weighted by Crippen LogP contribution is -2.35. The largest absolute Gasteiger partial charge is 0.370 e. The molecule has 3 N–H and O–H groups in total. The number of nitrogens with zero attached hydrogens (tertiary/aromatic N) is 2. The van der Waals surface area contributed by atoms with Crippen LogP contribution in [-0.2, 0) is 0 Å². The molecule has 0 amide bonds. The van der Waals surface area contributed by atoms with Crippen LogP contribution in [0.15, 0.2) is 4.99 Å². The van der Waals surface area contributed by atoms with Crippen molar-refractivity contribution in [3.8, 4) is 0 Å². The zero-order chi connectivity index (χ0) is 10.7. The second-order valence-electron chi connectivity index (χ2n) is 4.89. The van der Waals surface area contributed by atoms with Crippen LogP contribution in [0.4, 0.5) is 0 Å². The van der Waals surface area contributed by atoms with E-state index in [-0.39, 0.29) is 0 Å². The summed E-state index contributed by atoms with van der Waals surface area (Å²) in [4.78, 5) is 6.80. The lowest BCUT2D eigenvalue weighted by molar-refractivity contribution is 0.223. The van der Waals surface area contributed by atoms with E-state index in [2.05, 4.69) is 22.3 Å². The van der Waals surface area contributed by atoms with Gasteiger partial charge in [0.25, 0.3) is 0 Å². The number of aliphatic imine (C=N–C) groups is 1. The van der Waals surface area contributed by atoms with Gasteiger partial charge < -0.3 is 16.0 Å². The fraction of sp³-hybridized carbons (Fsp3) is 0.909. The summed E-state index contributed by atoms with van der Waals surface area (Å²) in [6.07, 6.45) is 5.03. The Kier molecular flexibility index (Phi) is 3.46. The van der Waals surface area contributed by atoms with Crippen LogP contribution in [0.25, 0.3) is 0 Å². The van der Waals surface area contributed by atoms with Crippen molar-refractivity contribution in [1.29, 1.82) is 0 Å². The van der Waals surface area contributed by atoms with Gasteiger partial charge in [-0.3, -0.25) is 4.99 Å². The first kappa shape index (κ1) is 10.7. The van der Waals surface area contributed by atoms with Crippen molar-refractivity contribution in [1.82, 2.24) is 10.2 Å². The highest BCUT2D eigenvalue weighted by atomic mass is 15.1. The van der Waals surface area contributed by atoms with Gasteiger partial charge in [0.1, 0.15) is 0 Å². The summed E-state index contributed by atoms with van der Waals surface area (Å²) in [5, 5.41) is 3.22. The number of hydrogen-bond donors (Lipinski definition) is 2. The maximum Gasteiger partial charge on any atom is 0.188 e. The number of nitrogens with one attached hydrogen (secondary N) is 1. The molecule has 0 bridgehead atoms. The van der Waals surface area contributed by atoms with E-state index in [1.165, 1.54) is 38.8 Å². The number of likely N-dealkylation sites (tertiary alicyclic amines) is 1. The SMILES string of the molecule is CN1CCC(CN=C(N)NC2CC2)CC1. The van der Waals surface area contributed by atoms with E-state index in [0.717, 1.165) is 12.5 Å². The van der Waals surface area contributed by atoms with Crippen LogP contribution in [0.3, 0.4) is 0 Å². The molecule has 0 atom stereocenters. The van der Waals surface area contributed by atoms with Crippen LogP contribution in [-0.4, -0.2) is 43.6 Å². The molecule has 2 fully saturated rings. The molecule has 15 heavy (non-hydrogen) atoms. The first-order valence-corrected chi connectivity index (χ1v) is 5.99. The molecule has 1 aliphatic heterocycles. The molecule has 0 spiro atoms. The molecule has 1 saturated heterocycles. The highest BCUT2D eigenvalue weighted by Crippen LogP contribution is 2.18. The van der Waals surface area contributed by atoms with E-state index in [1.54, 1.807) is 0 Å². The summed E-state index contributed by atoms with van der Waals surface area (Å²) in [6, 6.07) is 0.617. The maximum atomic E-state index is 5.79. The molecule has 0 aromatic rings. The van der Waals surface area contributed by atoms with E-state index >= 15 is 0 Å². The number of guanidine groups is 1. The molecular formula is C11H22N4. The molecule has 4 heteroatoms. The molecule has 2 aliphatic rings. The van der Waals surface area contributed by atoms with Gasteiger partial charge in [0.15, 0.2) is 5.96 Å². The summed E-state index contributed by atoms with van der Waals surface area (Å²) in [6.45, 7) is 3.31. The Bertz CT molecular complexity index is 227. The van der Waals surface area contributed by atoms with Gasteiger partial charge in [-0.15, -0.1) is 0 Å². The molecule has 1 aliphatic carbocycles. The molecule has 4 nitrogen and oxygen atoms in total. The van der Waals surface area contributed by atoms with Gasteiger partial charge in [-0.25, -0.2) is 0 Å². The minimum absolute atomic E-state index is 0.617. The van der Waals surface area contributed by atoms with E-state index in [1.807, 2.05) is 0 Å². The lowest BCUT2D eigenvalue weighted by Gasteiger charge is -2.27. The fourth-order valence-electron chi connectivity index (χ4n) is 1.95. The summed E-state index contributed by atoms with van der Waals surface area (Å²) >= 11 is 0. The van der Waals surface area contributed by atoms with Gasteiger partial charge in [0.05, 0.1) is 0 Å². The Morgan fingerprint density at radius 2 is 2.00 bits per heavy atom. The van der Waals surface area contributed by atoms with E-state index < -0.39 is 0 Å². The van der Waals surface area contributed by atoms with Gasteiger partial charge >= 0.3 is 0 Å². The number of rotatable bonds is 3. The summed E-state index contributed by atoms with van der Waals surface area (Å²) in [5.74, 6) is 1.39. The minimum atomic E-state index is 0.617. The standard InChI is InChI=1S/C11H22N4/c1-15-6-4-9(5-7-15)8-13-11(12)14-10-2-3-10/h9-10H,2-8H2,1H3,(H3,12,13,14). The fourth-order valence-corrected chi connectivity index (χ4v) is 1.95. The van der Waals surface area contributed by atoms with E-state index in [9.17, 15) is 0 Å². The summed E-state index contributed by atoms with van der Waals surface area (Å²) in [7, 11) is 2.18. The second kappa shape index (κ2) is 4.84. The van der Waals surface area contributed by atoms with Crippen LogP contribution < -0.4 is 11.1 Å². The van der Waals surface area contributed by atoms with Crippen LogP contribution in [0.2, 0.25) is 0 Å². The average Bonchev–Trinajstić information content (AvgIpc) is 3.01. The van der Waals surface area contributed by atoms with Crippen molar-refractivity contribution in [2.45, 2.75) is 31.7 Å². The molecule has 0 aromatic heterocycles. The molecule has 1 heterocycles. The highest BCUT2D eigenvalue weighted by molar-refractivity contribution is 5.78. The molecule has 0 unspecified atom stereocenters. The van der Waals surface area contributed by atoms with Gasteiger partial charge in [0, 0.05) is 12.6 Å². The normalized spacial score (nSPS) is 25.5. The first-order valence-electron chi connectivity index (χ1n) is 5.99.